The summed E-state index contributed by atoms with van der Waals surface area (Å²) in [5.41, 5.74) is 0. The summed E-state index contributed by atoms with van der Waals surface area (Å²) < 4.78 is 0. The Morgan fingerprint density at radius 3 is 1.58 bits per heavy atom. The van der Waals surface area contributed by atoms with Gasteiger partial charge in [0.1, 0.15) is 0 Å². The first-order valence-corrected chi connectivity index (χ1v) is 3.42. The topological polar surface area (TPSA) is 65.4 Å². The van der Waals surface area contributed by atoms with Crippen LogP contribution in [0.4, 0.5) is 0 Å². The highest BCUT2D eigenvalue weighted by Gasteiger charge is 2.37. The summed E-state index contributed by atoms with van der Waals surface area (Å²) in [4.78, 5) is 9.56. The lowest BCUT2D eigenvalue weighted by atomic mass is 10.6. The first-order chi connectivity index (χ1) is 5.63. The molecule has 0 saturated heterocycles. The highest BCUT2D eigenvalue weighted by molar-refractivity contribution is 5.01. The maximum atomic E-state index is 9.24. The van der Waals surface area contributed by atoms with Gasteiger partial charge in [-0.25, -0.2) is 0 Å². The van der Waals surface area contributed by atoms with E-state index in [2.05, 4.69) is 0 Å². The zero-order valence-corrected chi connectivity index (χ0v) is 7.18. The van der Waals surface area contributed by atoms with Crippen molar-refractivity contribution < 1.29 is 19.9 Å². The zero-order chi connectivity index (χ0) is 9.30. The molecule has 1 rings (SSSR count). The molecule has 1 aliphatic rings. The summed E-state index contributed by atoms with van der Waals surface area (Å²) in [6, 6.07) is 0. The van der Waals surface area contributed by atoms with Crippen molar-refractivity contribution in [3.63, 3.8) is 0 Å². The Labute approximate surface area is 70.1 Å². The molecule has 2 N–H and O–H groups in total. The summed E-state index contributed by atoms with van der Waals surface area (Å²) in [5.74, 6) is -0.710. The van der Waals surface area contributed by atoms with Gasteiger partial charge in [-0.2, -0.15) is 10.1 Å². The van der Waals surface area contributed by atoms with Crippen LogP contribution in [-0.2, 0) is 9.68 Å². The molecule has 0 fully saturated rings. The molecule has 0 spiro atoms. The number of aliphatic hydroxyl groups is 2. The fraction of sp³-hybridized carbons (Fsp3) is 0.667. The SMILES string of the molecule is CON1C(O)=C(O)N(OC)C1C. The second-order valence-corrected chi connectivity index (χ2v) is 2.30. The van der Waals surface area contributed by atoms with Crippen molar-refractivity contribution in [2.24, 2.45) is 0 Å². The molecule has 0 atom stereocenters. The maximum Gasteiger partial charge on any atom is 0.278 e. The Kier molecular flexibility index (Phi) is 2.30. The van der Waals surface area contributed by atoms with E-state index >= 15 is 0 Å². The van der Waals surface area contributed by atoms with Crippen molar-refractivity contribution in [1.29, 1.82) is 0 Å². The fourth-order valence-electron chi connectivity index (χ4n) is 1.12. The largest absolute Gasteiger partial charge is 0.489 e. The van der Waals surface area contributed by atoms with E-state index in [4.69, 9.17) is 9.68 Å². The van der Waals surface area contributed by atoms with Gasteiger partial charge in [0.15, 0.2) is 6.17 Å². The molecule has 1 heterocycles. The molecular formula is C6H12N2O4. The minimum atomic E-state index is -0.389. The minimum Gasteiger partial charge on any atom is -0.489 e. The van der Waals surface area contributed by atoms with Gasteiger partial charge in [0.2, 0.25) is 0 Å². The van der Waals surface area contributed by atoms with Crippen LogP contribution < -0.4 is 0 Å². The molecule has 0 unspecified atom stereocenters. The monoisotopic (exact) mass is 176 g/mol. The van der Waals surface area contributed by atoms with Crippen LogP contribution in [0.1, 0.15) is 6.92 Å². The van der Waals surface area contributed by atoms with Gasteiger partial charge in [-0.3, -0.25) is 9.68 Å². The average molecular weight is 176 g/mol. The maximum absolute atomic E-state index is 9.24. The highest BCUT2D eigenvalue weighted by atomic mass is 16.7. The second-order valence-electron chi connectivity index (χ2n) is 2.30. The van der Waals surface area contributed by atoms with E-state index in [0.717, 1.165) is 10.1 Å². The molecule has 0 aromatic carbocycles. The van der Waals surface area contributed by atoms with Crippen molar-refractivity contribution in [2.75, 3.05) is 14.2 Å². The van der Waals surface area contributed by atoms with Crippen LogP contribution in [0.25, 0.3) is 0 Å². The molecule has 6 nitrogen and oxygen atoms in total. The molecule has 70 valence electrons. The van der Waals surface area contributed by atoms with Gasteiger partial charge >= 0.3 is 0 Å². The fourth-order valence-corrected chi connectivity index (χ4v) is 1.12. The lowest BCUT2D eigenvalue weighted by molar-refractivity contribution is -0.232. The highest BCUT2D eigenvalue weighted by Crippen LogP contribution is 2.25. The molecular weight excluding hydrogens is 164 g/mol. The molecule has 0 saturated carbocycles. The number of aliphatic hydroxyl groups excluding tert-OH is 2. The molecule has 0 aliphatic carbocycles. The Bertz CT molecular complexity index is 186. The molecule has 1 aliphatic heterocycles. The number of hydrogen-bond acceptors (Lipinski definition) is 6. The quantitative estimate of drug-likeness (QED) is 0.631. The molecule has 0 aromatic rings. The van der Waals surface area contributed by atoms with Gasteiger partial charge in [-0.05, 0) is 6.92 Å². The first-order valence-electron chi connectivity index (χ1n) is 3.42. The van der Waals surface area contributed by atoms with Gasteiger partial charge in [0.25, 0.3) is 11.8 Å². The first kappa shape index (κ1) is 8.95. The summed E-state index contributed by atoms with van der Waals surface area (Å²) in [7, 11) is 2.78. The molecule has 12 heavy (non-hydrogen) atoms. The van der Waals surface area contributed by atoms with E-state index in [9.17, 15) is 10.2 Å². The average Bonchev–Trinajstić information content (AvgIpc) is 2.25. The van der Waals surface area contributed by atoms with Gasteiger partial charge < -0.3 is 10.2 Å². The van der Waals surface area contributed by atoms with Gasteiger partial charge in [-0.1, -0.05) is 0 Å². The molecule has 0 bridgehead atoms. The third kappa shape index (κ3) is 1.05. The van der Waals surface area contributed by atoms with Crippen molar-refractivity contribution in [1.82, 2.24) is 10.1 Å². The van der Waals surface area contributed by atoms with E-state index in [1.165, 1.54) is 14.2 Å². The molecule has 0 amide bonds. The third-order valence-electron chi connectivity index (χ3n) is 1.69. The Morgan fingerprint density at radius 1 is 1.08 bits per heavy atom. The number of hydrogen-bond donors (Lipinski definition) is 2. The predicted molar refractivity (Wildman–Crippen MR) is 39.4 cm³/mol. The van der Waals surface area contributed by atoms with Crippen molar-refractivity contribution in [3.05, 3.63) is 11.8 Å². The Hall–Kier alpha value is -1.14. The van der Waals surface area contributed by atoms with Crippen molar-refractivity contribution in [3.8, 4) is 0 Å². The van der Waals surface area contributed by atoms with E-state index in [1.807, 2.05) is 0 Å². The standard InChI is InChI=1S/C6H12N2O4/c1-4-7(11-2)5(9)6(10)8(4)12-3/h4,9-10H,1-3H3. The number of hydroxylamine groups is 4. The summed E-state index contributed by atoms with van der Waals surface area (Å²) in [6.45, 7) is 1.70. The van der Waals surface area contributed by atoms with E-state index < -0.39 is 0 Å². The Balaban J connectivity index is 2.86. The summed E-state index contributed by atoms with van der Waals surface area (Å²) >= 11 is 0. The minimum absolute atomic E-state index is 0.355. The number of rotatable bonds is 2. The van der Waals surface area contributed by atoms with E-state index in [1.54, 1.807) is 6.92 Å². The van der Waals surface area contributed by atoms with Gasteiger partial charge in [-0.15, -0.1) is 0 Å². The zero-order valence-electron chi connectivity index (χ0n) is 7.18. The van der Waals surface area contributed by atoms with Crippen LogP contribution in [0.15, 0.2) is 11.8 Å². The smallest absolute Gasteiger partial charge is 0.278 e. The van der Waals surface area contributed by atoms with Gasteiger partial charge in [0.05, 0.1) is 14.2 Å². The second kappa shape index (κ2) is 3.08. The van der Waals surface area contributed by atoms with Crippen LogP contribution >= 0.6 is 0 Å². The van der Waals surface area contributed by atoms with Crippen molar-refractivity contribution >= 4 is 0 Å². The van der Waals surface area contributed by atoms with Crippen LogP contribution in [0, 0.1) is 0 Å². The lowest BCUT2D eigenvalue weighted by Crippen LogP contribution is -2.36. The third-order valence-corrected chi connectivity index (χ3v) is 1.69. The Morgan fingerprint density at radius 2 is 1.42 bits per heavy atom. The summed E-state index contributed by atoms with van der Waals surface area (Å²) in [5, 5.41) is 20.7. The van der Waals surface area contributed by atoms with Crippen molar-refractivity contribution in [2.45, 2.75) is 13.1 Å². The number of nitrogens with zero attached hydrogens (tertiary/aromatic N) is 2. The van der Waals surface area contributed by atoms with Crippen LogP contribution in [-0.4, -0.2) is 40.7 Å². The predicted octanol–water partition coefficient (Wildman–Crippen LogP) is 0.315. The molecule has 6 heteroatoms. The van der Waals surface area contributed by atoms with Crippen LogP contribution in [0.5, 0.6) is 0 Å². The van der Waals surface area contributed by atoms with Crippen LogP contribution in [0.2, 0.25) is 0 Å². The lowest BCUT2D eigenvalue weighted by Gasteiger charge is -2.24. The van der Waals surface area contributed by atoms with Crippen LogP contribution in [0.3, 0.4) is 0 Å². The normalized spacial score (nSPS) is 19.6. The summed E-state index contributed by atoms with van der Waals surface area (Å²) in [6.07, 6.45) is -0.389. The van der Waals surface area contributed by atoms with E-state index in [-0.39, 0.29) is 17.9 Å². The molecule has 0 aromatic heterocycles. The van der Waals surface area contributed by atoms with Gasteiger partial charge in [0, 0.05) is 0 Å². The van der Waals surface area contributed by atoms with E-state index in [0.29, 0.717) is 0 Å². The molecule has 0 radical (unpaired) electrons.